The Balaban J connectivity index is 1.42. The van der Waals surface area contributed by atoms with E-state index in [0.717, 1.165) is 42.7 Å². The predicted molar refractivity (Wildman–Crippen MR) is 146 cm³/mol. The van der Waals surface area contributed by atoms with Crippen molar-refractivity contribution in [2.45, 2.75) is 39.2 Å². The molecule has 190 valence electrons. The van der Waals surface area contributed by atoms with E-state index in [9.17, 15) is 9.59 Å². The minimum Gasteiger partial charge on any atom is -0.490 e. The molecule has 2 aliphatic heterocycles. The molecule has 36 heavy (non-hydrogen) atoms. The highest BCUT2D eigenvalue weighted by molar-refractivity contribution is 8.26. The van der Waals surface area contributed by atoms with Gasteiger partial charge in [0.15, 0.2) is 18.1 Å². The molecule has 0 aromatic heterocycles. The highest BCUT2D eigenvalue weighted by Crippen LogP contribution is 2.35. The molecule has 1 N–H and O–H groups in total. The Labute approximate surface area is 221 Å². The monoisotopic (exact) mass is 526 g/mol. The molecule has 0 saturated carbocycles. The molecule has 0 unspecified atom stereocenters. The van der Waals surface area contributed by atoms with E-state index in [1.807, 2.05) is 44.2 Å². The smallest absolute Gasteiger partial charge is 0.266 e. The van der Waals surface area contributed by atoms with Crippen molar-refractivity contribution in [2.75, 3.05) is 31.7 Å². The Hall–Kier alpha value is -2.88. The van der Waals surface area contributed by atoms with Crippen LogP contribution in [0.25, 0.3) is 6.08 Å². The van der Waals surface area contributed by atoms with Crippen molar-refractivity contribution in [3.63, 3.8) is 0 Å². The van der Waals surface area contributed by atoms with Gasteiger partial charge in [-0.1, -0.05) is 55.2 Å². The Kier molecular flexibility index (Phi) is 9.01. The zero-order valence-electron chi connectivity index (χ0n) is 20.5. The minimum atomic E-state index is -0.252. The van der Waals surface area contributed by atoms with Crippen molar-refractivity contribution in [3.8, 4) is 11.5 Å². The van der Waals surface area contributed by atoms with E-state index in [2.05, 4.69) is 5.32 Å². The Bertz CT molecular complexity index is 1160. The van der Waals surface area contributed by atoms with Crippen LogP contribution in [0.15, 0.2) is 47.4 Å². The molecule has 2 aromatic carbocycles. The van der Waals surface area contributed by atoms with Gasteiger partial charge in [-0.25, -0.2) is 0 Å². The van der Waals surface area contributed by atoms with E-state index >= 15 is 0 Å². The molecule has 0 aliphatic carbocycles. The van der Waals surface area contributed by atoms with Gasteiger partial charge >= 0.3 is 0 Å². The average molecular weight is 527 g/mol. The molecular weight excluding hydrogens is 496 g/mol. The van der Waals surface area contributed by atoms with Crippen LogP contribution in [-0.2, 0) is 20.7 Å². The Morgan fingerprint density at radius 2 is 2.06 bits per heavy atom. The van der Waals surface area contributed by atoms with Crippen LogP contribution in [-0.4, -0.2) is 53.5 Å². The lowest BCUT2D eigenvalue weighted by atomic mass is 10.1. The maximum absolute atomic E-state index is 13.0. The zero-order valence-corrected chi connectivity index (χ0v) is 22.1. The van der Waals surface area contributed by atoms with Crippen LogP contribution in [0.1, 0.15) is 37.8 Å². The van der Waals surface area contributed by atoms with Gasteiger partial charge in [0.2, 0.25) is 0 Å². The number of para-hydroxylation sites is 1. The number of thioether (sulfide) groups is 1. The largest absolute Gasteiger partial charge is 0.490 e. The van der Waals surface area contributed by atoms with Crippen LogP contribution in [0.5, 0.6) is 11.5 Å². The SMILES string of the molecule is CCOc1cc(/C=C2\SC(=S)N(C[C@H]3CCCO3)C2=O)ccc1OCC(=O)Nc1ccccc1CC. The third-order valence-electron chi connectivity index (χ3n) is 5.88. The van der Waals surface area contributed by atoms with Crippen LogP contribution in [0, 0.1) is 0 Å². The van der Waals surface area contributed by atoms with Gasteiger partial charge in [-0.15, -0.1) is 0 Å². The predicted octanol–water partition coefficient (Wildman–Crippen LogP) is 5.05. The number of carbonyl (C=O) groups is 2. The summed E-state index contributed by atoms with van der Waals surface area (Å²) in [6, 6.07) is 13.1. The number of ether oxygens (including phenoxy) is 3. The highest BCUT2D eigenvalue weighted by atomic mass is 32.2. The fourth-order valence-electron chi connectivity index (χ4n) is 4.08. The molecule has 2 fully saturated rings. The van der Waals surface area contributed by atoms with Crippen molar-refractivity contribution in [1.82, 2.24) is 4.90 Å². The second kappa shape index (κ2) is 12.4. The van der Waals surface area contributed by atoms with E-state index in [1.54, 1.807) is 23.1 Å². The lowest BCUT2D eigenvalue weighted by Gasteiger charge is -2.18. The first-order valence-corrected chi connectivity index (χ1v) is 13.3. The summed E-state index contributed by atoms with van der Waals surface area (Å²) in [4.78, 5) is 27.6. The molecule has 2 amide bonds. The molecule has 2 aliphatic rings. The second-order valence-electron chi connectivity index (χ2n) is 8.41. The van der Waals surface area contributed by atoms with Gasteiger partial charge in [0, 0.05) is 12.3 Å². The molecule has 0 spiro atoms. The number of nitrogens with zero attached hydrogens (tertiary/aromatic N) is 1. The van der Waals surface area contributed by atoms with E-state index in [4.69, 9.17) is 26.4 Å². The van der Waals surface area contributed by atoms with Gasteiger partial charge < -0.3 is 19.5 Å². The lowest BCUT2D eigenvalue weighted by Crippen LogP contribution is -2.35. The van der Waals surface area contributed by atoms with Gasteiger partial charge in [-0.2, -0.15) is 0 Å². The van der Waals surface area contributed by atoms with Gasteiger partial charge in [-0.05, 0) is 61.6 Å². The van der Waals surface area contributed by atoms with Crippen LogP contribution >= 0.6 is 24.0 Å². The van der Waals surface area contributed by atoms with Crippen LogP contribution < -0.4 is 14.8 Å². The summed E-state index contributed by atoms with van der Waals surface area (Å²) in [7, 11) is 0. The van der Waals surface area contributed by atoms with Gasteiger partial charge in [-0.3, -0.25) is 14.5 Å². The van der Waals surface area contributed by atoms with Crippen LogP contribution in [0.4, 0.5) is 5.69 Å². The Morgan fingerprint density at radius 1 is 1.22 bits per heavy atom. The van der Waals surface area contributed by atoms with E-state index in [0.29, 0.717) is 33.9 Å². The number of anilines is 1. The number of benzene rings is 2. The second-order valence-corrected chi connectivity index (χ2v) is 10.1. The summed E-state index contributed by atoms with van der Waals surface area (Å²) in [6.07, 6.45) is 4.62. The molecule has 2 aromatic rings. The number of hydrogen-bond donors (Lipinski definition) is 1. The molecule has 2 saturated heterocycles. The number of nitrogens with one attached hydrogen (secondary N) is 1. The molecule has 0 radical (unpaired) electrons. The number of hydrogen-bond acceptors (Lipinski definition) is 7. The number of amides is 2. The molecule has 9 heteroatoms. The van der Waals surface area contributed by atoms with E-state index in [-0.39, 0.29) is 24.5 Å². The van der Waals surface area contributed by atoms with Crippen molar-refractivity contribution < 1.29 is 23.8 Å². The highest BCUT2D eigenvalue weighted by Gasteiger charge is 2.34. The third-order valence-corrected chi connectivity index (χ3v) is 7.26. The number of rotatable bonds is 10. The Morgan fingerprint density at radius 3 is 2.81 bits per heavy atom. The summed E-state index contributed by atoms with van der Waals surface area (Å²) < 4.78 is 17.7. The van der Waals surface area contributed by atoms with Crippen molar-refractivity contribution >= 4 is 51.9 Å². The summed E-state index contributed by atoms with van der Waals surface area (Å²) in [5, 5.41) is 2.90. The topological polar surface area (TPSA) is 77.1 Å². The fraction of sp³-hybridized carbons (Fsp3) is 0.370. The fourth-order valence-corrected chi connectivity index (χ4v) is 5.36. The number of carbonyl (C=O) groups excluding carboxylic acids is 2. The summed E-state index contributed by atoms with van der Waals surface area (Å²) in [6.45, 7) is 5.42. The number of thiocarbonyl (C=S) groups is 1. The standard InChI is InChI=1S/C27H30N2O5S2/c1-3-19-8-5-6-10-21(19)28-25(30)17-34-22-12-11-18(14-23(22)32-4-2)15-24-26(31)29(27(35)36-24)16-20-9-7-13-33-20/h5-6,8,10-12,14-15,20H,3-4,7,9,13,16-17H2,1-2H3,(H,28,30)/b24-15-/t20-/m1/s1. The molecule has 4 rings (SSSR count). The molecule has 1 atom stereocenters. The third kappa shape index (κ3) is 6.46. The number of aryl methyl sites for hydroxylation is 1. The first kappa shape index (κ1) is 26.2. The molecule has 7 nitrogen and oxygen atoms in total. The van der Waals surface area contributed by atoms with Crippen molar-refractivity contribution in [1.29, 1.82) is 0 Å². The summed E-state index contributed by atoms with van der Waals surface area (Å²) >= 11 is 6.73. The van der Waals surface area contributed by atoms with Gasteiger partial charge in [0.05, 0.1) is 24.2 Å². The van der Waals surface area contributed by atoms with E-state index in [1.165, 1.54) is 11.8 Å². The van der Waals surface area contributed by atoms with Crippen molar-refractivity contribution in [2.24, 2.45) is 0 Å². The maximum atomic E-state index is 13.0. The average Bonchev–Trinajstić information content (AvgIpc) is 3.48. The lowest BCUT2D eigenvalue weighted by molar-refractivity contribution is -0.123. The molecular formula is C27H30N2O5S2. The van der Waals surface area contributed by atoms with Gasteiger partial charge in [0.1, 0.15) is 4.32 Å². The first-order chi connectivity index (χ1) is 17.5. The molecule has 2 heterocycles. The van der Waals surface area contributed by atoms with E-state index < -0.39 is 0 Å². The normalized spacial score (nSPS) is 18.7. The van der Waals surface area contributed by atoms with Crippen LogP contribution in [0.3, 0.4) is 0 Å². The van der Waals surface area contributed by atoms with Crippen LogP contribution in [0.2, 0.25) is 0 Å². The quantitative estimate of drug-likeness (QED) is 0.343. The van der Waals surface area contributed by atoms with Gasteiger partial charge in [0.25, 0.3) is 11.8 Å². The summed E-state index contributed by atoms with van der Waals surface area (Å²) in [5.41, 5.74) is 2.63. The minimum absolute atomic E-state index is 0.0421. The first-order valence-electron chi connectivity index (χ1n) is 12.1. The molecule has 0 bridgehead atoms. The van der Waals surface area contributed by atoms with Crippen molar-refractivity contribution in [3.05, 3.63) is 58.5 Å². The zero-order chi connectivity index (χ0) is 25.5. The maximum Gasteiger partial charge on any atom is 0.266 e. The summed E-state index contributed by atoms with van der Waals surface area (Å²) in [5.74, 6) is 0.599.